The van der Waals surface area contributed by atoms with Crippen LogP contribution in [0.25, 0.3) is 0 Å². The largest absolute Gasteiger partial charge is 0.360 e. The Balaban J connectivity index is 2.28. The van der Waals surface area contributed by atoms with Crippen molar-refractivity contribution < 1.29 is 9.85 Å². The zero-order valence-corrected chi connectivity index (χ0v) is 11.1. The van der Waals surface area contributed by atoms with E-state index in [0.717, 1.165) is 6.33 Å². The Morgan fingerprint density at radius 3 is 2.52 bits per heavy atom. The molecule has 0 saturated heterocycles. The molecule has 0 amide bonds. The first-order chi connectivity index (χ1) is 10.0. The Bertz CT molecular complexity index is 709. The Labute approximate surface area is 122 Å². The fourth-order valence-electron chi connectivity index (χ4n) is 1.67. The van der Waals surface area contributed by atoms with Gasteiger partial charge < -0.3 is 5.32 Å². The highest BCUT2D eigenvalue weighted by Gasteiger charge is 2.22. The van der Waals surface area contributed by atoms with Gasteiger partial charge in [0.2, 0.25) is 11.0 Å². The smallest absolute Gasteiger partial charge is 0.348 e. The minimum atomic E-state index is -0.718. The standard InChI is InChI=1S/C11H8ClN5O4/c12-10-9(17(20)21)11(15-6-14-10)13-5-7-3-1-2-4-8(7)16(18)19/h1-4,6H,5H2,(H,13,14,15). The number of hydrogen-bond donors (Lipinski definition) is 1. The van der Waals surface area contributed by atoms with Gasteiger partial charge in [0.1, 0.15) is 6.33 Å². The molecule has 0 bridgehead atoms. The van der Waals surface area contributed by atoms with Crippen LogP contribution in [0.2, 0.25) is 5.15 Å². The zero-order chi connectivity index (χ0) is 15.4. The van der Waals surface area contributed by atoms with Crippen molar-refractivity contribution in [1.82, 2.24) is 9.97 Å². The first kappa shape index (κ1) is 14.6. The summed E-state index contributed by atoms with van der Waals surface area (Å²) in [4.78, 5) is 27.8. The highest BCUT2D eigenvalue weighted by molar-refractivity contribution is 6.31. The van der Waals surface area contributed by atoms with Crippen molar-refractivity contribution in [3.63, 3.8) is 0 Å². The van der Waals surface area contributed by atoms with Crippen LogP contribution in [0, 0.1) is 20.2 Å². The maximum atomic E-state index is 10.9. The molecule has 1 aromatic heterocycles. The highest BCUT2D eigenvalue weighted by atomic mass is 35.5. The maximum absolute atomic E-state index is 10.9. The summed E-state index contributed by atoms with van der Waals surface area (Å²) in [6.45, 7) is -0.00860. The van der Waals surface area contributed by atoms with Gasteiger partial charge in [-0.05, 0) is 0 Å². The van der Waals surface area contributed by atoms with Crippen LogP contribution in [0.1, 0.15) is 5.56 Å². The monoisotopic (exact) mass is 309 g/mol. The molecule has 0 spiro atoms. The number of anilines is 1. The minimum absolute atomic E-state index is 0.00860. The zero-order valence-electron chi connectivity index (χ0n) is 10.4. The van der Waals surface area contributed by atoms with Gasteiger partial charge in [-0.1, -0.05) is 29.8 Å². The summed E-state index contributed by atoms with van der Waals surface area (Å²) in [5, 5.41) is 24.2. The second kappa shape index (κ2) is 6.09. The summed E-state index contributed by atoms with van der Waals surface area (Å²) in [5.41, 5.74) is -0.197. The van der Waals surface area contributed by atoms with Crippen molar-refractivity contribution in [3.8, 4) is 0 Å². The van der Waals surface area contributed by atoms with Crippen molar-refractivity contribution in [2.75, 3.05) is 5.32 Å². The van der Waals surface area contributed by atoms with Crippen LogP contribution >= 0.6 is 11.6 Å². The number of rotatable bonds is 5. The second-order valence-corrected chi connectivity index (χ2v) is 4.22. The molecule has 0 unspecified atom stereocenters. The van der Waals surface area contributed by atoms with E-state index >= 15 is 0 Å². The molecule has 0 aliphatic heterocycles. The fourth-order valence-corrected chi connectivity index (χ4v) is 1.87. The molecule has 21 heavy (non-hydrogen) atoms. The molecule has 0 aliphatic carbocycles. The van der Waals surface area contributed by atoms with Crippen LogP contribution in [0.3, 0.4) is 0 Å². The minimum Gasteiger partial charge on any atom is -0.360 e. The molecular weight excluding hydrogens is 302 g/mol. The van der Waals surface area contributed by atoms with Crippen molar-refractivity contribution in [3.05, 3.63) is 61.5 Å². The topological polar surface area (TPSA) is 124 Å². The SMILES string of the molecule is O=[N+]([O-])c1ccccc1CNc1ncnc(Cl)c1[N+](=O)[O-]. The van der Waals surface area contributed by atoms with Gasteiger partial charge in [-0.25, -0.2) is 9.97 Å². The van der Waals surface area contributed by atoms with E-state index in [1.54, 1.807) is 12.1 Å². The van der Waals surface area contributed by atoms with Crippen molar-refractivity contribution in [1.29, 1.82) is 0 Å². The van der Waals surface area contributed by atoms with Gasteiger partial charge in [-0.2, -0.15) is 0 Å². The van der Waals surface area contributed by atoms with Gasteiger partial charge in [0.25, 0.3) is 5.69 Å². The van der Waals surface area contributed by atoms with Crippen molar-refractivity contribution in [2.45, 2.75) is 6.54 Å². The lowest BCUT2D eigenvalue weighted by molar-refractivity contribution is -0.385. The van der Waals surface area contributed by atoms with Crippen LogP contribution in [-0.2, 0) is 6.54 Å². The predicted molar refractivity (Wildman–Crippen MR) is 74.1 cm³/mol. The van der Waals surface area contributed by atoms with Crippen molar-refractivity contribution in [2.24, 2.45) is 0 Å². The van der Waals surface area contributed by atoms with E-state index in [4.69, 9.17) is 11.6 Å². The number of benzene rings is 1. The molecule has 10 heteroatoms. The third kappa shape index (κ3) is 3.20. The maximum Gasteiger partial charge on any atom is 0.348 e. The van der Waals surface area contributed by atoms with E-state index in [2.05, 4.69) is 15.3 Å². The Morgan fingerprint density at radius 2 is 1.86 bits per heavy atom. The molecule has 2 aromatic rings. The fraction of sp³-hybridized carbons (Fsp3) is 0.0909. The average molecular weight is 310 g/mol. The molecule has 0 saturated carbocycles. The molecule has 0 fully saturated rings. The highest BCUT2D eigenvalue weighted by Crippen LogP contribution is 2.29. The first-order valence-electron chi connectivity index (χ1n) is 5.61. The molecule has 2 rings (SSSR count). The molecule has 0 atom stereocenters. The van der Waals surface area contributed by atoms with Crippen LogP contribution in [0.15, 0.2) is 30.6 Å². The van der Waals surface area contributed by atoms with E-state index < -0.39 is 15.5 Å². The van der Waals surface area contributed by atoms with E-state index in [0.29, 0.717) is 5.56 Å². The van der Waals surface area contributed by atoms with Crippen molar-refractivity contribution >= 4 is 28.8 Å². The number of nitro benzene ring substituents is 1. The number of hydrogen-bond acceptors (Lipinski definition) is 7. The van der Waals surface area contributed by atoms with Gasteiger partial charge in [-0.3, -0.25) is 20.2 Å². The molecule has 1 heterocycles. The predicted octanol–water partition coefficient (Wildman–Crippen LogP) is 2.56. The second-order valence-electron chi connectivity index (χ2n) is 3.86. The Hall–Kier alpha value is -2.81. The number of para-hydroxylation sites is 1. The molecule has 1 aromatic carbocycles. The molecule has 108 valence electrons. The number of nitro groups is 2. The molecular formula is C11H8ClN5O4. The summed E-state index contributed by atoms with van der Waals surface area (Å²) >= 11 is 5.65. The van der Waals surface area contributed by atoms with Gasteiger partial charge in [0.15, 0.2) is 0 Å². The summed E-state index contributed by atoms with van der Waals surface area (Å²) in [5.74, 6) is -0.0989. The third-order valence-corrected chi connectivity index (χ3v) is 2.87. The molecule has 0 aliphatic rings. The number of halogens is 1. The van der Waals surface area contributed by atoms with Crippen LogP contribution in [0.5, 0.6) is 0 Å². The summed E-state index contributed by atoms with van der Waals surface area (Å²) < 4.78 is 0. The lowest BCUT2D eigenvalue weighted by atomic mass is 10.2. The van der Waals surface area contributed by atoms with Crippen LogP contribution in [0.4, 0.5) is 17.2 Å². The quantitative estimate of drug-likeness (QED) is 0.511. The Morgan fingerprint density at radius 1 is 1.14 bits per heavy atom. The van der Waals surface area contributed by atoms with E-state index in [-0.39, 0.29) is 23.2 Å². The van der Waals surface area contributed by atoms with Crippen LogP contribution < -0.4 is 5.32 Å². The Kier molecular flexibility index (Phi) is 4.24. The van der Waals surface area contributed by atoms with Crippen LogP contribution in [-0.4, -0.2) is 19.8 Å². The lowest BCUT2D eigenvalue weighted by Crippen LogP contribution is -2.07. The number of aromatic nitrogens is 2. The first-order valence-corrected chi connectivity index (χ1v) is 5.99. The molecule has 0 radical (unpaired) electrons. The summed E-state index contributed by atoms with van der Waals surface area (Å²) in [6.07, 6.45) is 1.07. The van der Waals surface area contributed by atoms with Gasteiger partial charge in [0.05, 0.1) is 9.85 Å². The van der Waals surface area contributed by atoms with E-state index in [1.807, 2.05) is 0 Å². The van der Waals surface area contributed by atoms with E-state index in [9.17, 15) is 20.2 Å². The number of nitrogens with zero attached hydrogens (tertiary/aromatic N) is 4. The van der Waals surface area contributed by atoms with E-state index in [1.165, 1.54) is 12.1 Å². The average Bonchev–Trinajstić information content (AvgIpc) is 2.44. The van der Waals surface area contributed by atoms with Gasteiger partial charge >= 0.3 is 5.69 Å². The normalized spacial score (nSPS) is 10.1. The molecule has 9 nitrogen and oxygen atoms in total. The third-order valence-electron chi connectivity index (χ3n) is 2.59. The summed E-state index contributed by atoms with van der Waals surface area (Å²) in [7, 11) is 0. The number of nitrogens with one attached hydrogen (secondary N) is 1. The van der Waals surface area contributed by atoms with Gasteiger partial charge in [0, 0.05) is 18.2 Å². The summed E-state index contributed by atoms with van der Waals surface area (Å²) in [6, 6.07) is 6.05. The lowest BCUT2D eigenvalue weighted by Gasteiger charge is -2.06. The molecule has 1 N–H and O–H groups in total. The van der Waals surface area contributed by atoms with Gasteiger partial charge in [-0.15, -0.1) is 0 Å².